The van der Waals surface area contributed by atoms with Crippen molar-refractivity contribution in [2.75, 3.05) is 32.1 Å². The van der Waals surface area contributed by atoms with Crippen LogP contribution in [-0.4, -0.2) is 38.6 Å². The monoisotopic (exact) mass is 420 g/mol. The molecular weight excluding hydrogens is 397 g/mol. The number of guanidine groups is 1. The highest BCUT2D eigenvalue weighted by molar-refractivity contribution is 5.94. The second-order valence-corrected chi connectivity index (χ2v) is 6.79. The molecule has 0 bridgehead atoms. The number of anilines is 1. The molecule has 0 aliphatic carbocycles. The van der Waals surface area contributed by atoms with E-state index >= 15 is 0 Å². The highest BCUT2D eigenvalue weighted by Gasteiger charge is 2.30. The fourth-order valence-electron chi connectivity index (χ4n) is 3.22. The Labute approximate surface area is 172 Å². The summed E-state index contributed by atoms with van der Waals surface area (Å²) in [5.74, 6) is 0.651. The molecule has 3 N–H and O–H groups in total. The Balaban J connectivity index is 1.47. The number of carbonyl (C=O) groups is 1. The van der Waals surface area contributed by atoms with Gasteiger partial charge in [0.2, 0.25) is 5.91 Å². The van der Waals surface area contributed by atoms with Crippen LogP contribution in [0.5, 0.6) is 5.75 Å². The van der Waals surface area contributed by atoms with Gasteiger partial charge in [0.15, 0.2) is 5.96 Å². The number of hydrogen-bond donors (Lipinski definition) is 3. The molecule has 1 aliphatic heterocycles. The van der Waals surface area contributed by atoms with E-state index in [2.05, 4.69) is 20.9 Å². The summed E-state index contributed by atoms with van der Waals surface area (Å²) in [5, 5.41) is 9.10. The molecule has 0 spiro atoms. The van der Waals surface area contributed by atoms with Crippen LogP contribution in [0.3, 0.4) is 0 Å². The first-order valence-electron chi connectivity index (χ1n) is 9.50. The van der Waals surface area contributed by atoms with Crippen molar-refractivity contribution in [3.63, 3.8) is 0 Å². The van der Waals surface area contributed by atoms with Crippen molar-refractivity contribution in [3.8, 4) is 5.75 Å². The number of aliphatic imine (C=N–C) groups is 1. The third-order valence-corrected chi connectivity index (χ3v) is 4.67. The third kappa shape index (κ3) is 5.65. The predicted molar refractivity (Wildman–Crippen MR) is 109 cm³/mol. The van der Waals surface area contributed by atoms with Crippen molar-refractivity contribution in [2.45, 2.75) is 18.5 Å². The number of amides is 1. The second kappa shape index (κ2) is 9.51. The highest BCUT2D eigenvalue weighted by Crippen LogP contribution is 2.32. The van der Waals surface area contributed by atoms with Gasteiger partial charge in [-0.25, -0.2) is 0 Å². The molecule has 1 atom stereocenters. The number of nitrogens with zero attached hydrogens (tertiary/aromatic N) is 1. The van der Waals surface area contributed by atoms with Crippen LogP contribution in [0.15, 0.2) is 53.5 Å². The van der Waals surface area contributed by atoms with Crippen molar-refractivity contribution < 1.29 is 22.7 Å². The molecule has 2 aromatic rings. The summed E-state index contributed by atoms with van der Waals surface area (Å²) in [7, 11) is 1.62. The summed E-state index contributed by atoms with van der Waals surface area (Å²) in [6.07, 6.45) is -4.03. The Kier molecular flexibility index (Phi) is 6.81. The molecule has 160 valence electrons. The number of ether oxygens (including phenoxy) is 1. The minimum Gasteiger partial charge on any atom is -0.492 e. The van der Waals surface area contributed by atoms with Crippen molar-refractivity contribution >= 4 is 17.6 Å². The van der Waals surface area contributed by atoms with Gasteiger partial charge in [0.1, 0.15) is 12.4 Å². The van der Waals surface area contributed by atoms with E-state index in [0.717, 1.165) is 23.4 Å². The first kappa shape index (κ1) is 21.5. The summed E-state index contributed by atoms with van der Waals surface area (Å²) in [6.45, 7) is 1.02. The molecule has 1 unspecified atom stereocenters. The molecule has 9 heteroatoms. The van der Waals surface area contributed by atoms with E-state index in [0.29, 0.717) is 25.5 Å². The molecule has 0 aromatic heterocycles. The molecule has 1 amide bonds. The number of halogens is 3. The van der Waals surface area contributed by atoms with Crippen LogP contribution < -0.4 is 20.7 Å². The van der Waals surface area contributed by atoms with E-state index in [1.54, 1.807) is 7.05 Å². The standard InChI is InChI=1S/C21H23F3N4O2/c1-25-20(26-9-10-30-16-6-4-5-15(12-16)21(22,23)24)27-13-14-11-19(29)28-18-8-3-2-7-17(14)18/h2-8,12,14H,9-11,13H2,1H3,(H,28,29)(H2,25,26,27). The number of fused-ring (bicyclic) bond motifs is 1. The van der Waals surface area contributed by atoms with Gasteiger partial charge in [0.25, 0.3) is 0 Å². The van der Waals surface area contributed by atoms with Gasteiger partial charge < -0.3 is 20.7 Å². The number of hydrogen-bond acceptors (Lipinski definition) is 3. The zero-order valence-electron chi connectivity index (χ0n) is 16.4. The average molecular weight is 420 g/mol. The van der Waals surface area contributed by atoms with E-state index in [1.807, 2.05) is 24.3 Å². The number of benzene rings is 2. The summed E-state index contributed by atoms with van der Waals surface area (Å²) in [4.78, 5) is 16.0. The minimum atomic E-state index is -4.40. The number of rotatable bonds is 6. The first-order chi connectivity index (χ1) is 14.4. The fraction of sp³-hybridized carbons (Fsp3) is 0.333. The lowest BCUT2D eigenvalue weighted by molar-refractivity contribution is -0.137. The summed E-state index contributed by atoms with van der Waals surface area (Å²) in [6, 6.07) is 12.4. The van der Waals surface area contributed by atoms with Gasteiger partial charge in [-0.1, -0.05) is 24.3 Å². The maximum Gasteiger partial charge on any atom is 0.416 e. The third-order valence-electron chi connectivity index (χ3n) is 4.67. The smallest absolute Gasteiger partial charge is 0.416 e. The Morgan fingerprint density at radius 3 is 2.77 bits per heavy atom. The van der Waals surface area contributed by atoms with Crippen LogP contribution in [0.4, 0.5) is 18.9 Å². The Morgan fingerprint density at radius 1 is 1.20 bits per heavy atom. The van der Waals surface area contributed by atoms with E-state index in [-0.39, 0.29) is 24.2 Å². The maximum atomic E-state index is 12.7. The van der Waals surface area contributed by atoms with Crippen LogP contribution in [0, 0.1) is 0 Å². The lowest BCUT2D eigenvalue weighted by atomic mass is 9.90. The van der Waals surface area contributed by atoms with Gasteiger partial charge in [-0.15, -0.1) is 0 Å². The van der Waals surface area contributed by atoms with Crippen LogP contribution in [-0.2, 0) is 11.0 Å². The van der Waals surface area contributed by atoms with E-state index < -0.39 is 11.7 Å². The largest absolute Gasteiger partial charge is 0.492 e. The number of carbonyl (C=O) groups excluding carboxylic acids is 1. The van der Waals surface area contributed by atoms with Crippen molar-refractivity contribution in [1.29, 1.82) is 0 Å². The lowest BCUT2D eigenvalue weighted by Gasteiger charge is -2.26. The van der Waals surface area contributed by atoms with Crippen LogP contribution in [0.2, 0.25) is 0 Å². The van der Waals surface area contributed by atoms with Gasteiger partial charge in [-0.3, -0.25) is 9.79 Å². The predicted octanol–water partition coefficient (Wildman–Crippen LogP) is 3.38. The summed E-state index contributed by atoms with van der Waals surface area (Å²) < 4.78 is 43.6. The van der Waals surface area contributed by atoms with Crippen molar-refractivity contribution in [3.05, 3.63) is 59.7 Å². The molecule has 6 nitrogen and oxygen atoms in total. The second-order valence-electron chi connectivity index (χ2n) is 6.79. The zero-order chi connectivity index (χ0) is 21.6. The van der Waals surface area contributed by atoms with Crippen LogP contribution in [0.1, 0.15) is 23.5 Å². The Morgan fingerprint density at radius 2 is 2.00 bits per heavy atom. The fourth-order valence-corrected chi connectivity index (χ4v) is 3.22. The number of para-hydroxylation sites is 1. The molecule has 0 radical (unpaired) electrons. The van der Waals surface area contributed by atoms with E-state index in [1.165, 1.54) is 12.1 Å². The molecule has 1 aliphatic rings. The van der Waals surface area contributed by atoms with Gasteiger partial charge in [0, 0.05) is 31.6 Å². The van der Waals surface area contributed by atoms with Gasteiger partial charge in [-0.2, -0.15) is 13.2 Å². The van der Waals surface area contributed by atoms with Gasteiger partial charge in [-0.05, 0) is 29.8 Å². The molecular formula is C21H23F3N4O2. The topological polar surface area (TPSA) is 74.8 Å². The van der Waals surface area contributed by atoms with E-state index in [4.69, 9.17) is 4.74 Å². The van der Waals surface area contributed by atoms with E-state index in [9.17, 15) is 18.0 Å². The lowest BCUT2D eigenvalue weighted by Crippen LogP contribution is -2.42. The molecule has 3 rings (SSSR count). The van der Waals surface area contributed by atoms with Gasteiger partial charge >= 0.3 is 6.18 Å². The molecule has 0 saturated heterocycles. The van der Waals surface area contributed by atoms with Crippen LogP contribution >= 0.6 is 0 Å². The van der Waals surface area contributed by atoms with Crippen molar-refractivity contribution in [1.82, 2.24) is 10.6 Å². The van der Waals surface area contributed by atoms with Gasteiger partial charge in [0.05, 0.1) is 12.1 Å². The average Bonchev–Trinajstić information content (AvgIpc) is 2.72. The van der Waals surface area contributed by atoms with Crippen LogP contribution in [0.25, 0.3) is 0 Å². The zero-order valence-corrected chi connectivity index (χ0v) is 16.4. The first-order valence-corrected chi connectivity index (χ1v) is 9.50. The quantitative estimate of drug-likeness (QED) is 0.381. The summed E-state index contributed by atoms with van der Waals surface area (Å²) >= 11 is 0. The minimum absolute atomic E-state index is 0.00913. The Bertz CT molecular complexity index is 915. The number of nitrogens with one attached hydrogen (secondary N) is 3. The highest BCUT2D eigenvalue weighted by atomic mass is 19.4. The normalized spacial score (nSPS) is 16.5. The molecule has 0 fully saturated rings. The summed E-state index contributed by atoms with van der Waals surface area (Å²) in [5.41, 5.74) is 1.13. The molecule has 1 heterocycles. The molecule has 30 heavy (non-hydrogen) atoms. The van der Waals surface area contributed by atoms with Crippen molar-refractivity contribution in [2.24, 2.45) is 4.99 Å². The maximum absolute atomic E-state index is 12.7. The number of alkyl halides is 3. The molecule has 2 aromatic carbocycles. The molecule has 0 saturated carbocycles. The Hall–Kier alpha value is -3.23. The SMILES string of the molecule is CN=C(NCCOc1cccc(C(F)(F)F)c1)NCC1CC(=O)Nc2ccccc21.